The van der Waals surface area contributed by atoms with Crippen LogP contribution >= 0.6 is 0 Å². The summed E-state index contributed by atoms with van der Waals surface area (Å²) >= 11 is 0. The number of rotatable bonds is 5. The van der Waals surface area contributed by atoms with Gasteiger partial charge in [-0.15, -0.1) is 0 Å². The Bertz CT molecular complexity index is 424. The normalized spacial score (nSPS) is 13.7. The van der Waals surface area contributed by atoms with Gasteiger partial charge in [0.2, 0.25) is 10.0 Å². The monoisotopic (exact) mass is 232 g/mol. The fourth-order valence-electron chi connectivity index (χ4n) is 0.881. The highest BCUT2D eigenvalue weighted by Gasteiger charge is 2.18. The molecule has 3 N–H and O–H groups in total. The number of sulfonamides is 1. The lowest BCUT2D eigenvalue weighted by molar-refractivity contribution is -0.140. The fourth-order valence-corrected chi connectivity index (χ4v) is 1.99. The zero-order valence-corrected chi connectivity index (χ0v) is 8.91. The highest BCUT2D eigenvalue weighted by atomic mass is 32.2. The molecule has 0 radical (unpaired) electrons. The lowest BCUT2D eigenvalue weighted by atomic mass is 10.2. The predicted molar refractivity (Wildman–Crippen MR) is 52.8 cm³/mol. The molecule has 6 nitrogen and oxygen atoms in total. The molecule has 84 valence electrons. The molecule has 1 atom stereocenters. The molecule has 1 aromatic rings. The third kappa shape index (κ3) is 3.07. The van der Waals surface area contributed by atoms with Crippen LogP contribution < -0.4 is 4.72 Å². The van der Waals surface area contributed by atoms with Crippen molar-refractivity contribution in [2.45, 2.75) is 11.8 Å². The number of aliphatic carboxylic acids is 1. The molecule has 0 aromatic carbocycles. The molecule has 0 spiro atoms. The molecule has 0 fully saturated rings. The molecule has 1 heterocycles. The van der Waals surface area contributed by atoms with Gasteiger partial charge >= 0.3 is 5.97 Å². The zero-order chi connectivity index (χ0) is 11.5. The Morgan fingerprint density at radius 1 is 1.67 bits per heavy atom. The van der Waals surface area contributed by atoms with Gasteiger partial charge in [0.1, 0.15) is 0 Å². The first-order valence-corrected chi connectivity index (χ1v) is 5.77. The average Bonchev–Trinajstić information content (AvgIpc) is 2.67. The Balaban J connectivity index is 2.63. The first-order chi connectivity index (χ1) is 6.93. The van der Waals surface area contributed by atoms with Crippen LogP contribution in [0.1, 0.15) is 6.92 Å². The van der Waals surface area contributed by atoms with E-state index in [9.17, 15) is 13.2 Å². The summed E-state index contributed by atoms with van der Waals surface area (Å²) in [5, 5.41) is 8.57. The number of carbonyl (C=O) groups is 1. The van der Waals surface area contributed by atoms with E-state index in [2.05, 4.69) is 9.71 Å². The van der Waals surface area contributed by atoms with Gasteiger partial charge in [0.15, 0.2) is 0 Å². The molecule has 0 aliphatic carbocycles. The number of carboxylic acids is 1. The molecular formula is C8H12N2O4S. The van der Waals surface area contributed by atoms with E-state index in [-0.39, 0.29) is 11.4 Å². The number of carboxylic acid groups (broad SMARTS) is 1. The summed E-state index contributed by atoms with van der Waals surface area (Å²) in [5.41, 5.74) is 0. The SMILES string of the molecule is CC(CNS(=O)(=O)c1cc[nH]c1)C(=O)O. The largest absolute Gasteiger partial charge is 0.481 e. The van der Waals surface area contributed by atoms with E-state index in [1.165, 1.54) is 25.4 Å². The van der Waals surface area contributed by atoms with Gasteiger partial charge in [-0.2, -0.15) is 0 Å². The average molecular weight is 232 g/mol. The maximum Gasteiger partial charge on any atom is 0.307 e. The summed E-state index contributed by atoms with van der Waals surface area (Å²) in [6.45, 7) is 1.31. The van der Waals surface area contributed by atoms with Crippen LogP contribution in [0.3, 0.4) is 0 Å². The second-order valence-electron chi connectivity index (χ2n) is 3.14. The number of nitrogens with one attached hydrogen (secondary N) is 2. The van der Waals surface area contributed by atoms with Gasteiger partial charge in [0.05, 0.1) is 10.8 Å². The van der Waals surface area contributed by atoms with Crippen LogP contribution in [-0.4, -0.2) is 31.0 Å². The summed E-state index contributed by atoms with van der Waals surface area (Å²) < 4.78 is 25.2. The molecule has 1 rings (SSSR count). The highest BCUT2D eigenvalue weighted by molar-refractivity contribution is 7.89. The van der Waals surface area contributed by atoms with Crippen molar-refractivity contribution in [3.05, 3.63) is 18.5 Å². The molecule has 0 aliphatic heterocycles. The third-order valence-electron chi connectivity index (χ3n) is 1.88. The Hall–Kier alpha value is -1.34. The number of aromatic amines is 1. The highest BCUT2D eigenvalue weighted by Crippen LogP contribution is 2.06. The van der Waals surface area contributed by atoms with Crippen LogP contribution in [0.25, 0.3) is 0 Å². The van der Waals surface area contributed by atoms with Gasteiger partial charge in [-0.05, 0) is 6.07 Å². The summed E-state index contributed by atoms with van der Waals surface area (Å²) in [7, 11) is -3.59. The van der Waals surface area contributed by atoms with E-state index in [1.807, 2.05) is 0 Å². The molecule has 0 saturated heterocycles. The minimum absolute atomic E-state index is 0.0973. The number of hydrogen-bond acceptors (Lipinski definition) is 3. The molecule has 0 bridgehead atoms. The fraction of sp³-hybridized carbons (Fsp3) is 0.375. The van der Waals surface area contributed by atoms with Crippen molar-refractivity contribution in [1.29, 1.82) is 0 Å². The molecule has 7 heteroatoms. The minimum atomic E-state index is -3.59. The zero-order valence-electron chi connectivity index (χ0n) is 8.10. The molecule has 0 aliphatic rings. The first-order valence-electron chi connectivity index (χ1n) is 4.29. The van der Waals surface area contributed by atoms with E-state index < -0.39 is 21.9 Å². The van der Waals surface area contributed by atoms with Crippen molar-refractivity contribution < 1.29 is 18.3 Å². The summed E-state index contributed by atoms with van der Waals surface area (Å²) in [4.78, 5) is 13.2. The molecule has 1 unspecified atom stereocenters. The van der Waals surface area contributed by atoms with Crippen molar-refractivity contribution in [1.82, 2.24) is 9.71 Å². The van der Waals surface area contributed by atoms with Gasteiger partial charge < -0.3 is 10.1 Å². The minimum Gasteiger partial charge on any atom is -0.481 e. The molecule has 15 heavy (non-hydrogen) atoms. The molecule has 0 amide bonds. The summed E-state index contributed by atoms with van der Waals surface area (Å²) in [5.74, 6) is -1.79. The smallest absolute Gasteiger partial charge is 0.307 e. The van der Waals surface area contributed by atoms with Crippen LogP contribution in [0.2, 0.25) is 0 Å². The molecule has 0 saturated carbocycles. The standard InChI is InChI=1S/C8H12N2O4S/c1-6(8(11)12)4-10-15(13,14)7-2-3-9-5-7/h2-3,5-6,9-10H,4H2,1H3,(H,11,12). The van der Waals surface area contributed by atoms with Gasteiger partial charge in [-0.25, -0.2) is 13.1 Å². The second-order valence-corrected chi connectivity index (χ2v) is 4.90. The predicted octanol–water partition coefficient (Wildman–Crippen LogP) is 0.0137. The van der Waals surface area contributed by atoms with Gasteiger partial charge in [-0.3, -0.25) is 4.79 Å². The van der Waals surface area contributed by atoms with Crippen molar-refractivity contribution >= 4 is 16.0 Å². The quantitative estimate of drug-likeness (QED) is 0.666. The number of hydrogen-bond donors (Lipinski definition) is 3. The van der Waals surface area contributed by atoms with Gasteiger partial charge in [0, 0.05) is 18.9 Å². The van der Waals surface area contributed by atoms with Crippen LogP contribution in [0.5, 0.6) is 0 Å². The van der Waals surface area contributed by atoms with E-state index in [0.29, 0.717) is 0 Å². The van der Waals surface area contributed by atoms with Gasteiger partial charge in [0.25, 0.3) is 0 Å². The van der Waals surface area contributed by atoms with E-state index in [0.717, 1.165) is 0 Å². The van der Waals surface area contributed by atoms with Crippen LogP contribution in [-0.2, 0) is 14.8 Å². The van der Waals surface area contributed by atoms with Crippen molar-refractivity contribution in [2.24, 2.45) is 5.92 Å². The van der Waals surface area contributed by atoms with Crippen molar-refractivity contribution in [3.63, 3.8) is 0 Å². The van der Waals surface area contributed by atoms with Crippen molar-refractivity contribution in [2.75, 3.05) is 6.54 Å². The number of aromatic nitrogens is 1. The van der Waals surface area contributed by atoms with E-state index in [1.54, 1.807) is 0 Å². The van der Waals surface area contributed by atoms with Gasteiger partial charge in [-0.1, -0.05) is 6.92 Å². The number of H-pyrrole nitrogens is 1. The maximum absolute atomic E-state index is 11.5. The Morgan fingerprint density at radius 2 is 2.33 bits per heavy atom. The lowest BCUT2D eigenvalue weighted by Gasteiger charge is -2.07. The Morgan fingerprint density at radius 3 is 2.80 bits per heavy atom. The molecule has 1 aromatic heterocycles. The molecular weight excluding hydrogens is 220 g/mol. The van der Waals surface area contributed by atoms with Crippen molar-refractivity contribution in [3.8, 4) is 0 Å². The topological polar surface area (TPSA) is 99.3 Å². The first kappa shape index (κ1) is 11.7. The van der Waals surface area contributed by atoms with E-state index >= 15 is 0 Å². The summed E-state index contributed by atoms with van der Waals surface area (Å²) in [6.07, 6.45) is 2.81. The lowest BCUT2D eigenvalue weighted by Crippen LogP contribution is -2.31. The summed E-state index contributed by atoms with van der Waals surface area (Å²) in [6, 6.07) is 1.40. The third-order valence-corrected chi connectivity index (χ3v) is 3.30. The Kier molecular flexibility index (Phi) is 3.48. The van der Waals surface area contributed by atoms with E-state index in [4.69, 9.17) is 5.11 Å². The maximum atomic E-state index is 11.5. The Labute approximate surface area is 87.4 Å². The van der Waals surface area contributed by atoms with Crippen LogP contribution in [0.4, 0.5) is 0 Å². The second kappa shape index (κ2) is 4.45. The van der Waals surface area contributed by atoms with Crippen LogP contribution in [0.15, 0.2) is 23.4 Å². The van der Waals surface area contributed by atoms with Crippen LogP contribution in [0, 0.1) is 5.92 Å².